The van der Waals surface area contributed by atoms with Crippen LogP contribution in [0.25, 0.3) is 16.7 Å². The average Bonchev–Trinajstić information content (AvgIpc) is 3.25. The summed E-state index contributed by atoms with van der Waals surface area (Å²) in [6, 6.07) is 11.2. The van der Waals surface area contributed by atoms with Gasteiger partial charge in [-0.15, -0.1) is 16.8 Å². The summed E-state index contributed by atoms with van der Waals surface area (Å²) >= 11 is 1.18. The molecule has 2 heterocycles. The molecule has 2 aromatic carbocycles. The average molecular weight is 491 g/mol. The zero-order valence-electron chi connectivity index (χ0n) is 19.8. The standard InChI is InChI=1S/C25H26N6O3S/c1-5-10-30-23(34)18-8-6-7-9-19(18)31-24(30)28-29-25(31)35-14-21(33)26-13-20(32)27-22-16(3)11-15(2)12-17(22)4/h5-9,11-12H,1,10,13-14H2,2-4H3,(H,26,33)(H,27,32). The van der Waals surface area contributed by atoms with Crippen LogP contribution in [0.15, 0.2) is 59.0 Å². The highest BCUT2D eigenvalue weighted by Crippen LogP contribution is 2.22. The highest BCUT2D eigenvalue weighted by Gasteiger charge is 2.17. The van der Waals surface area contributed by atoms with Crippen LogP contribution >= 0.6 is 11.8 Å². The molecule has 35 heavy (non-hydrogen) atoms. The van der Waals surface area contributed by atoms with Gasteiger partial charge in [0.1, 0.15) is 0 Å². The Balaban J connectivity index is 1.45. The van der Waals surface area contributed by atoms with Crippen molar-refractivity contribution in [2.75, 3.05) is 17.6 Å². The number of hydrogen-bond acceptors (Lipinski definition) is 6. The Morgan fingerprint density at radius 2 is 1.80 bits per heavy atom. The Bertz CT molecular complexity index is 1500. The number of carbonyl (C=O) groups excluding carboxylic acids is 2. The molecule has 2 amide bonds. The van der Waals surface area contributed by atoms with Crippen LogP contribution in [0, 0.1) is 20.8 Å². The van der Waals surface area contributed by atoms with E-state index in [2.05, 4.69) is 27.4 Å². The quantitative estimate of drug-likeness (QED) is 0.290. The Hall–Kier alpha value is -3.92. The maximum Gasteiger partial charge on any atom is 0.263 e. The Morgan fingerprint density at radius 3 is 2.51 bits per heavy atom. The number of benzene rings is 2. The summed E-state index contributed by atoms with van der Waals surface area (Å²) in [4.78, 5) is 37.7. The second-order valence-corrected chi connectivity index (χ2v) is 9.17. The Labute approximate surface area is 206 Å². The van der Waals surface area contributed by atoms with Crippen molar-refractivity contribution < 1.29 is 9.59 Å². The molecule has 4 rings (SSSR count). The fourth-order valence-electron chi connectivity index (χ4n) is 4.04. The molecule has 2 N–H and O–H groups in total. The smallest absolute Gasteiger partial charge is 0.263 e. The lowest BCUT2D eigenvalue weighted by molar-refractivity contribution is -0.122. The molecule has 0 saturated heterocycles. The molecule has 0 unspecified atom stereocenters. The fourth-order valence-corrected chi connectivity index (χ4v) is 4.81. The van der Waals surface area contributed by atoms with Crippen molar-refractivity contribution in [1.29, 1.82) is 0 Å². The van der Waals surface area contributed by atoms with Gasteiger partial charge in [0.05, 0.1) is 23.2 Å². The number of anilines is 1. The summed E-state index contributed by atoms with van der Waals surface area (Å²) in [6.45, 7) is 9.73. The Kier molecular flexibility index (Phi) is 7.02. The minimum atomic E-state index is -0.317. The first-order valence-electron chi connectivity index (χ1n) is 11.0. The van der Waals surface area contributed by atoms with Gasteiger partial charge in [0.15, 0.2) is 5.16 Å². The molecular weight excluding hydrogens is 464 g/mol. The maximum atomic E-state index is 12.9. The molecule has 9 nitrogen and oxygen atoms in total. The highest BCUT2D eigenvalue weighted by atomic mass is 32.2. The zero-order chi connectivity index (χ0) is 25.1. The number of thioether (sulfide) groups is 1. The zero-order valence-corrected chi connectivity index (χ0v) is 20.6. The molecule has 0 radical (unpaired) electrons. The van der Waals surface area contributed by atoms with E-state index < -0.39 is 0 Å². The Morgan fingerprint density at radius 1 is 1.09 bits per heavy atom. The van der Waals surface area contributed by atoms with Crippen molar-refractivity contribution in [3.05, 3.63) is 76.1 Å². The van der Waals surface area contributed by atoms with E-state index in [-0.39, 0.29) is 36.2 Å². The number of nitrogens with one attached hydrogen (secondary N) is 2. The normalized spacial score (nSPS) is 11.1. The summed E-state index contributed by atoms with van der Waals surface area (Å²) in [5.41, 5.74) is 4.30. The van der Waals surface area contributed by atoms with Gasteiger partial charge in [0.2, 0.25) is 17.6 Å². The molecule has 0 bridgehead atoms. The molecule has 0 spiro atoms. The van der Waals surface area contributed by atoms with E-state index in [1.807, 2.05) is 45.0 Å². The molecule has 0 saturated carbocycles. The van der Waals surface area contributed by atoms with Gasteiger partial charge in [-0.3, -0.25) is 23.4 Å². The molecule has 180 valence electrons. The number of para-hydroxylation sites is 1. The fraction of sp³-hybridized carbons (Fsp3) is 0.240. The number of amides is 2. The molecule has 0 aliphatic heterocycles. The molecule has 0 atom stereocenters. The first-order chi connectivity index (χ1) is 16.8. The number of carbonyl (C=O) groups is 2. The lowest BCUT2D eigenvalue weighted by Gasteiger charge is -2.13. The number of hydrogen-bond donors (Lipinski definition) is 2. The van der Waals surface area contributed by atoms with Crippen molar-refractivity contribution in [2.24, 2.45) is 0 Å². The van der Waals surface area contributed by atoms with Gasteiger partial charge in [0, 0.05) is 12.2 Å². The topological polar surface area (TPSA) is 110 Å². The summed E-state index contributed by atoms with van der Waals surface area (Å²) in [7, 11) is 0. The van der Waals surface area contributed by atoms with E-state index >= 15 is 0 Å². The second-order valence-electron chi connectivity index (χ2n) is 8.23. The van der Waals surface area contributed by atoms with E-state index in [0.717, 1.165) is 22.4 Å². The largest absolute Gasteiger partial charge is 0.346 e. The van der Waals surface area contributed by atoms with E-state index in [1.165, 1.54) is 16.3 Å². The summed E-state index contributed by atoms with van der Waals surface area (Å²) < 4.78 is 3.25. The van der Waals surface area contributed by atoms with Gasteiger partial charge in [-0.2, -0.15) is 0 Å². The summed E-state index contributed by atoms with van der Waals surface area (Å²) in [6.07, 6.45) is 1.62. The number of nitrogens with zero attached hydrogens (tertiary/aromatic N) is 4. The van der Waals surface area contributed by atoms with Gasteiger partial charge in [-0.1, -0.05) is 47.7 Å². The predicted octanol–water partition coefficient (Wildman–Crippen LogP) is 3.00. The summed E-state index contributed by atoms with van der Waals surface area (Å²) in [5.74, 6) is -0.209. The van der Waals surface area contributed by atoms with Crippen molar-refractivity contribution in [3.63, 3.8) is 0 Å². The van der Waals surface area contributed by atoms with Gasteiger partial charge < -0.3 is 10.6 Å². The van der Waals surface area contributed by atoms with Crippen LogP contribution in [-0.2, 0) is 16.1 Å². The third kappa shape index (κ3) is 4.97. The summed E-state index contributed by atoms with van der Waals surface area (Å²) in [5, 5.41) is 14.9. The van der Waals surface area contributed by atoms with Crippen LogP contribution in [0.3, 0.4) is 0 Å². The number of fused-ring (bicyclic) bond motifs is 3. The minimum absolute atomic E-state index is 0.0333. The van der Waals surface area contributed by atoms with Crippen molar-refractivity contribution in [1.82, 2.24) is 24.5 Å². The molecule has 2 aromatic heterocycles. The van der Waals surface area contributed by atoms with Crippen molar-refractivity contribution >= 4 is 45.9 Å². The highest BCUT2D eigenvalue weighted by molar-refractivity contribution is 7.99. The lowest BCUT2D eigenvalue weighted by atomic mass is 10.1. The van der Waals surface area contributed by atoms with Crippen molar-refractivity contribution in [3.8, 4) is 0 Å². The van der Waals surface area contributed by atoms with E-state index in [1.54, 1.807) is 22.6 Å². The molecule has 0 fully saturated rings. The maximum absolute atomic E-state index is 12.9. The predicted molar refractivity (Wildman–Crippen MR) is 138 cm³/mol. The van der Waals surface area contributed by atoms with Gasteiger partial charge >= 0.3 is 0 Å². The van der Waals surface area contributed by atoms with Gasteiger partial charge in [-0.25, -0.2) is 0 Å². The first-order valence-corrected chi connectivity index (χ1v) is 12.0. The van der Waals surface area contributed by atoms with Crippen LogP contribution in [0.2, 0.25) is 0 Å². The number of aromatic nitrogens is 4. The van der Waals surface area contributed by atoms with E-state index in [9.17, 15) is 14.4 Å². The molecule has 4 aromatic rings. The molecule has 0 aliphatic rings. The number of allylic oxidation sites excluding steroid dienone is 1. The third-order valence-corrected chi connectivity index (χ3v) is 6.44. The first kappa shape index (κ1) is 24.2. The monoisotopic (exact) mass is 490 g/mol. The van der Waals surface area contributed by atoms with Crippen LogP contribution in [0.4, 0.5) is 5.69 Å². The SMILES string of the molecule is C=CCn1c(=O)c2ccccc2n2c(SCC(=O)NCC(=O)Nc3c(C)cc(C)cc3C)nnc12. The van der Waals surface area contributed by atoms with Gasteiger partial charge in [-0.05, 0) is 44.0 Å². The number of rotatable bonds is 8. The minimum Gasteiger partial charge on any atom is -0.346 e. The van der Waals surface area contributed by atoms with Crippen LogP contribution in [0.5, 0.6) is 0 Å². The number of aryl methyl sites for hydroxylation is 3. The molecule has 0 aliphatic carbocycles. The van der Waals surface area contributed by atoms with E-state index in [4.69, 9.17) is 0 Å². The molecular formula is C25H26N6O3S. The lowest BCUT2D eigenvalue weighted by Crippen LogP contribution is -2.34. The molecule has 10 heteroatoms. The van der Waals surface area contributed by atoms with Crippen molar-refractivity contribution in [2.45, 2.75) is 32.5 Å². The van der Waals surface area contributed by atoms with Crippen LogP contribution in [0.1, 0.15) is 16.7 Å². The van der Waals surface area contributed by atoms with E-state index in [0.29, 0.717) is 21.8 Å². The second kappa shape index (κ2) is 10.1. The van der Waals surface area contributed by atoms with Gasteiger partial charge in [0.25, 0.3) is 5.56 Å². The van der Waals surface area contributed by atoms with Crippen LogP contribution < -0.4 is 16.2 Å². The third-order valence-electron chi connectivity index (χ3n) is 5.51. The van der Waals surface area contributed by atoms with Crippen LogP contribution in [-0.4, -0.2) is 43.3 Å².